The number of benzene rings is 1. The number of nitrogens with zero attached hydrogens (tertiary/aromatic N) is 2. The second kappa shape index (κ2) is 6.85. The number of hydrogen-bond acceptors (Lipinski definition) is 4. The van der Waals surface area contributed by atoms with Crippen molar-refractivity contribution in [1.82, 2.24) is 8.61 Å². The van der Waals surface area contributed by atoms with Gasteiger partial charge in [-0.25, -0.2) is 0 Å². The number of likely N-dealkylation sites (N-methyl/N-ethyl adjacent to an activating group) is 1. The van der Waals surface area contributed by atoms with E-state index in [1.54, 1.807) is 7.05 Å². The highest BCUT2D eigenvalue weighted by Crippen LogP contribution is 2.31. The standard InChI is InChI=1S/C15H24N2O4S/c1-5-17(22(18,19)16(4)12(2)3)10-13-11-20-14-8-6-7-9-15(14)21-13/h6-9,12-13H,5,10-11H2,1-4H3. The molecule has 0 aliphatic carbocycles. The maximum absolute atomic E-state index is 12.6. The molecule has 1 heterocycles. The fraction of sp³-hybridized carbons (Fsp3) is 0.600. The second-order valence-electron chi connectivity index (χ2n) is 5.57. The molecule has 0 N–H and O–H groups in total. The van der Waals surface area contributed by atoms with Crippen LogP contribution >= 0.6 is 0 Å². The second-order valence-corrected chi connectivity index (χ2v) is 7.55. The predicted octanol–water partition coefficient (Wildman–Crippen LogP) is 1.73. The molecule has 1 aliphatic heterocycles. The van der Waals surface area contributed by atoms with Crippen LogP contribution in [-0.4, -0.2) is 55.9 Å². The van der Waals surface area contributed by atoms with Gasteiger partial charge in [0.05, 0.1) is 6.54 Å². The Morgan fingerprint density at radius 2 is 1.91 bits per heavy atom. The quantitative estimate of drug-likeness (QED) is 0.798. The molecule has 7 heteroatoms. The van der Waals surface area contributed by atoms with Gasteiger partial charge >= 0.3 is 0 Å². The van der Waals surface area contributed by atoms with Crippen LogP contribution in [0, 0.1) is 0 Å². The molecule has 0 saturated heterocycles. The van der Waals surface area contributed by atoms with Gasteiger partial charge < -0.3 is 9.47 Å². The van der Waals surface area contributed by atoms with Crippen LogP contribution in [0.4, 0.5) is 0 Å². The molecular weight excluding hydrogens is 304 g/mol. The molecular formula is C15H24N2O4S. The van der Waals surface area contributed by atoms with Crippen LogP contribution < -0.4 is 9.47 Å². The van der Waals surface area contributed by atoms with Gasteiger partial charge in [0.1, 0.15) is 12.7 Å². The van der Waals surface area contributed by atoms with E-state index in [1.165, 1.54) is 8.61 Å². The fourth-order valence-corrected chi connectivity index (χ4v) is 3.79. The number of para-hydroxylation sites is 2. The minimum Gasteiger partial charge on any atom is -0.486 e. The van der Waals surface area contributed by atoms with Gasteiger partial charge in [-0.2, -0.15) is 17.0 Å². The average molecular weight is 328 g/mol. The molecule has 0 spiro atoms. The first-order chi connectivity index (χ1) is 10.4. The zero-order valence-electron chi connectivity index (χ0n) is 13.5. The number of ether oxygens (including phenoxy) is 2. The smallest absolute Gasteiger partial charge is 0.282 e. The maximum atomic E-state index is 12.6. The fourth-order valence-electron chi connectivity index (χ4n) is 2.22. The molecule has 0 amide bonds. The normalized spacial score (nSPS) is 18.2. The third kappa shape index (κ3) is 3.53. The molecule has 1 aromatic carbocycles. The van der Waals surface area contributed by atoms with Gasteiger partial charge in [-0.1, -0.05) is 19.1 Å². The molecule has 1 aromatic rings. The lowest BCUT2D eigenvalue weighted by atomic mass is 10.2. The van der Waals surface area contributed by atoms with E-state index >= 15 is 0 Å². The van der Waals surface area contributed by atoms with Crippen LogP contribution in [0.25, 0.3) is 0 Å². The summed E-state index contributed by atoms with van der Waals surface area (Å²) in [6.07, 6.45) is -0.315. The molecule has 22 heavy (non-hydrogen) atoms. The van der Waals surface area contributed by atoms with Crippen molar-refractivity contribution in [1.29, 1.82) is 0 Å². The Kier molecular flexibility index (Phi) is 5.31. The van der Waals surface area contributed by atoms with Crippen LogP contribution in [0.2, 0.25) is 0 Å². The van der Waals surface area contributed by atoms with Crippen LogP contribution in [0.3, 0.4) is 0 Å². The number of hydrogen-bond donors (Lipinski definition) is 0. The zero-order chi connectivity index (χ0) is 16.3. The molecule has 0 aromatic heterocycles. The van der Waals surface area contributed by atoms with E-state index in [0.717, 1.165) is 0 Å². The Morgan fingerprint density at radius 1 is 1.27 bits per heavy atom. The van der Waals surface area contributed by atoms with Crippen molar-refractivity contribution < 1.29 is 17.9 Å². The van der Waals surface area contributed by atoms with Crippen LogP contribution in [-0.2, 0) is 10.2 Å². The molecule has 0 fully saturated rings. The van der Waals surface area contributed by atoms with Crippen molar-refractivity contribution >= 4 is 10.2 Å². The third-order valence-electron chi connectivity index (χ3n) is 3.74. The van der Waals surface area contributed by atoms with Gasteiger partial charge in [0.25, 0.3) is 10.2 Å². The van der Waals surface area contributed by atoms with Crippen LogP contribution in [0.1, 0.15) is 20.8 Å². The van der Waals surface area contributed by atoms with Crippen molar-refractivity contribution in [2.75, 3.05) is 26.7 Å². The van der Waals surface area contributed by atoms with E-state index in [-0.39, 0.29) is 18.7 Å². The molecule has 0 radical (unpaired) electrons. The lowest BCUT2D eigenvalue weighted by molar-refractivity contribution is 0.0758. The highest BCUT2D eigenvalue weighted by Gasteiger charge is 2.31. The summed E-state index contributed by atoms with van der Waals surface area (Å²) in [7, 11) is -1.90. The monoisotopic (exact) mass is 328 g/mol. The number of rotatable bonds is 6. The van der Waals surface area contributed by atoms with E-state index in [1.807, 2.05) is 45.0 Å². The summed E-state index contributed by atoms with van der Waals surface area (Å²) in [6, 6.07) is 7.32. The summed E-state index contributed by atoms with van der Waals surface area (Å²) in [5, 5.41) is 0. The summed E-state index contributed by atoms with van der Waals surface area (Å²) in [6.45, 7) is 6.52. The van der Waals surface area contributed by atoms with E-state index in [9.17, 15) is 8.42 Å². The largest absolute Gasteiger partial charge is 0.486 e. The first-order valence-corrected chi connectivity index (χ1v) is 8.87. The predicted molar refractivity (Wildman–Crippen MR) is 85.4 cm³/mol. The average Bonchev–Trinajstić information content (AvgIpc) is 2.51. The van der Waals surface area contributed by atoms with Gasteiger partial charge in [0.2, 0.25) is 0 Å². The van der Waals surface area contributed by atoms with Crippen molar-refractivity contribution in [2.24, 2.45) is 0 Å². The Hall–Kier alpha value is -1.31. The van der Waals surface area contributed by atoms with Crippen molar-refractivity contribution in [3.05, 3.63) is 24.3 Å². The van der Waals surface area contributed by atoms with E-state index < -0.39 is 10.2 Å². The molecule has 2 rings (SSSR count). The highest BCUT2D eigenvalue weighted by atomic mass is 32.2. The topological polar surface area (TPSA) is 59.1 Å². The van der Waals surface area contributed by atoms with Gasteiger partial charge in [-0.05, 0) is 26.0 Å². The summed E-state index contributed by atoms with van der Waals surface area (Å²) < 4.78 is 39.4. The van der Waals surface area contributed by atoms with Crippen LogP contribution in [0.5, 0.6) is 11.5 Å². The SMILES string of the molecule is CCN(CC1COc2ccccc2O1)S(=O)(=O)N(C)C(C)C. The summed E-state index contributed by atoms with van der Waals surface area (Å²) in [4.78, 5) is 0. The van der Waals surface area contributed by atoms with Crippen molar-refractivity contribution in [3.63, 3.8) is 0 Å². The molecule has 1 atom stereocenters. The van der Waals surface area contributed by atoms with Gasteiger partial charge in [-0.3, -0.25) is 0 Å². The first-order valence-electron chi connectivity index (χ1n) is 7.47. The minimum atomic E-state index is -3.50. The van der Waals surface area contributed by atoms with E-state index in [4.69, 9.17) is 9.47 Å². The number of fused-ring (bicyclic) bond motifs is 1. The third-order valence-corrected chi connectivity index (χ3v) is 5.95. The maximum Gasteiger partial charge on any atom is 0.282 e. The van der Waals surface area contributed by atoms with E-state index in [0.29, 0.717) is 24.7 Å². The summed E-state index contributed by atoms with van der Waals surface area (Å²) in [5.41, 5.74) is 0. The van der Waals surface area contributed by atoms with Gasteiger partial charge in [0, 0.05) is 19.6 Å². The molecule has 0 bridgehead atoms. The van der Waals surface area contributed by atoms with Crippen LogP contribution in [0.15, 0.2) is 24.3 Å². The van der Waals surface area contributed by atoms with E-state index in [2.05, 4.69) is 0 Å². The molecule has 1 aliphatic rings. The molecule has 1 unspecified atom stereocenters. The lowest BCUT2D eigenvalue weighted by Gasteiger charge is -2.33. The Labute approximate surface area is 132 Å². The Balaban J connectivity index is 2.09. The van der Waals surface area contributed by atoms with Gasteiger partial charge in [0.15, 0.2) is 11.5 Å². The molecule has 124 valence electrons. The Bertz CT molecular complexity index is 603. The molecule has 6 nitrogen and oxygen atoms in total. The first kappa shape index (κ1) is 17.1. The summed E-state index contributed by atoms with van der Waals surface area (Å²) in [5.74, 6) is 1.35. The molecule has 0 saturated carbocycles. The summed E-state index contributed by atoms with van der Waals surface area (Å²) >= 11 is 0. The Morgan fingerprint density at radius 3 is 2.50 bits per heavy atom. The highest BCUT2D eigenvalue weighted by molar-refractivity contribution is 7.86. The van der Waals surface area contributed by atoms with Crippen molar-refractivity contribution in [3.8, 4) is 11.5 Å². The van der Waals surface area contributed by atoms with Crippen molar-refractivity contribution in [2.45, 2.75) is 32.9 Å². The lowest BCUT2D eigenvalue weighted by Crippen LogP contribution is -2.49. The van der Waals surface area contributed by atoms with Gasteiger partial charge in [-0.15, -0.1) is 0 Å². The zero-order valence-corrected chi connectivity index (χ0v) is 14.3. The minimum absolute atomic E-state index is 0.0942.